The van der Waals surface area contributed by atoms with Crippen LogP contribution in [-0.4, -0.2) is 13.7 Å². The maximum atomic E-state index is 5.12. The van der Waals surface area contributed by atoms with E-state index in [4.69, 9.17) is 4.74 Å². The van der Waals surface area contributed by atoms with Gasteiger partial charge in [0, 0.05) is 18.5 Å². The largest absolute Gasteiger partial charge is 0.379 e. The van der Waals surface area contributed by atoms with Crippen molar-refractivity contribution in [1.82, 2.24) is 5.32 Å². The fraction of sp³-hybridized carbons (Fsp3) is 0.600. The molecule has 0 fully saturated rings. The van der Waals surface area contributed by atoms with Gasteiger partial charge in [-0.25, -0.2) is 0 Å². The molecule has 0 atom stereocenters. The number of nitrogens with one attached hydrogen (secondary N) is 1. The zero-order valence-corrected chi connectivity index (χ0v) is 9.33. The lowest BCUT2D eigenvalue weighted by Crippen LogP contribution is -2.11. The van der Waals surface area contributed by atoms with Crippen molar-refractivity contribution in [1.29, 1.82) is 0 Å². The zero-order chi connectivity index (χ0) is 9.68. The van der Waals surface area contributed by atoms with Crippen molar-refractivity contribution in [2.75, 3.05) is 13.7 Å². The fourth-order valence-corrected chi connectivity index (χ4v) is 2.24. The highest BCUT2D eigenvalue weighted by molar-refractivity contribution is 7.10. The zero-order valence-electron chi connectivity index (χ0n) is 8.52. The van der Waals surface area contributed by atoms with Crippen molar-refractivity contribution in [3.63, 3.8) is 0 Å². The summed E-state index contributed by atoms with van der Waals surface area (Å²) in [5, 5.41) is 5.54. The van der Waals surface area contributed by atoms with Crippen LogP contribution in [0.4, 0.5) is 0 Å². The highest BCUT2D eigenvalue weighted by Crippen LogP contribution is 2.22. The van der Waals surface area contributed by atoms with E-state index in [2.05, 4.69) is 24.5 Å². The Kier molecular flexibility index (Phi) is 4.42. The Hall–Kier alpha value is -0.380. The molecule has 2 nitrogen and oxygen atoms in total. The Balaban J connectivity index is 2.62. The molecule has 0 aliphatic carbocycles. The molecule has 1 heterocycles. The molecule has 0 aromatic carbocycles. The molecule has 1 rings (SSSR count). The van der Waals surface area contributed by atoms with Crippen LogP contribution >= 0.6 is 11.3 Å². The van der Waals surface area contributed by atoms with Crippen LogP contribution < -0.4 is 5.32 Å². The van der Waals surface area contributed by atoms with E-state index in [9.17, 15) is 0 Å². The van der Waals surface area contributed by atoms with Crippen LogP contribution in [-0.2, 0) is 17.9 Å². The van der Waals surface area contributed by atoms with Gasteiger partial charge in [-0.2, -0.15) is 0 Å². The van der Waals surface area contributed by atoms with E-state index in [1.54, 1.807) is 18.4 Å². The lowest BCUT2D eigenvalue weighted by atomic mass is 10.2. The molecule has 13 heavy (non-hydrogen) atoms. The summed E-state index contributed by atoms with van der Waals surface area (Å²) in [5.41, 5.74) is 2.78. The van der Waals surface area contributed by atoms with Crippen LogP contribution in [0.3, 0.4) is 0 Å². The number of methoxy groups -OCH3 is 1. The Morgan fingerprint density at radius 2 is 2.31 bits per heavy atom. The summed E-state index contributed by atoms with van der Waals surface area (Å²) in [6, 6.07) is 0. The van der Waals surface area contributed by atoms with Gasteiger partial charge in [0.25, 0.3) is 0 Å². The maximum Gasteiger partial charge on any atom is 0.0808 e. The Bertz CT molecular complexity index is 257. The highest BCUT2D eigenvalue weighted by Gasteiger charge is 2.05. The first-order valence-electron chi connectivity index (χ1n) is 4.55. The highest BCUT2D eigenvalue weighted by atomic mass is 32.1. The van der Waals surface area contributed by atoms with E-state index in [1.807, 2.05) is 0 Å². The second-order valence-electron chi connectivity index (χ2n) is 3.02. The van der Waals surface area contributed by atoms with Crippen LogP contribution in [0.15, 0.2) is 5.38 Å². The molecule has 1 aromatic rings. The molecule has 0 unspecified atom stereocenters. The van der Waals surface area contributed by atoms with E-state index in [1.165, 1.54) is 16.0 Å². The number of thiophene rings is 1. The van der Waals surface area contributed by atoms with E-state index in [-0.39, 0.29) is 0 Å². The summed E-state index contributed by atoms with van der Waals surface area (Å²) in [5.74, 6) is 0. The standard InChI is InChI=1S/C10H17NOS/c1-4-11-5-9-7-13-10(6-12-3)8(9)2/h7,11H,4-6H2,1-3H3. The van der Waals surface area contributed by atoms with Gasteiger partial charge < -0.3 is 10.1 Å². The average Bonchev–Trinajstić information content (AvgIpc) is 2.46. The summed E-state index contributed by atoms with van der Waals surface area (Å²) in [4.78, 5) is 1.34. The number of hydrogen-bond acceptors (Lipinski definition) is 3. The van der Waals surface area contributed by atoms with E-state index in [0.29, 0.717) is 0 Å². The smallest absolute Gasteiger partial charge is 0.0808 e. The summed E-state index contributed by atoms with van der Waals surface area (Å²) in [7, 11) is 1.74. The number of ether oxygens (including phenoxy) is 1. The van der Waals surface area contributed by atoms with Crippen LogP contribution in [0.25, 0.3) is 0 Å². The minimum atomic E-state index is 0.739. The van der Waals surface area contributed by atoms with Crippen LogP contribution in [0.5, 0.6) is 0 Å². The summed E-state index contributed by atoms with van der Waals surface area (Å²) in [6.45, 7) is 7.02. The van der Waals surface area contributed by atoms with Crippen molar-refractivity contribution >= 4 is 11.3 Å². The third-order valence-corrected chi connectivity index (χ3v) is 3.20. The quantitative estimate of drug-likeness (QED) is 0.785. The molecule has 0 radical (unpaired) electrons. The van der Waals surface area contributed by atoms with Gasteiger partial charge in [-0.05, 0) is 30.0 Å². The van der Waals surface area contributed by atoms with Crippen molar-refractivity contribution < 1.29 is 4.74 Å². The third-order valence-electron chi connectivity index (χ3n) is 2.08. The summed E-state index contributed by atoms with van der Waals surface area (Å²) < 4.78 is 5.12. The molecular weight excluding hydrogens is 182 g/mol. The van der Waals surface area contributed by atoms with Gasteiger partial charge in [0.05, 0.1) is 6.61 Å². The first-order valence-corrected chi connectivity index (χ1v) is 5.43. The minimum Gasteiger partial charge on any atom is -0.379 e. The first kappa shape index (κ1) is 10.7. The van der Waals surface area contributed by atoms with Crippen LogP contribution in [0, 0.1) is 6.92 Å². The predicted octanol–water partition coefficient (Wildman–Crippen LogP) is 2.31. The topological polar surface area (TPSA) is 21.3 Å². The molecule has 0 amide bonds. The van der Waals surface area contributed by atoms with Crippen LogP contribution in [0.1, 0.15) is 22.9 Å². The molecule has 1 N–H and O–H groups in total. The predicted molar refractivity (Wildman–Crippen MR) is 57.1 cm³/mol. The van der Waals surface area contributed by atoms with E-state index < -0.39 is 0 Å². The molecule has 3 heteroatoms. The van der Waals surface area contributed by atoms with E-state index >= 15 is 0 Å². The molecule has 0 bridgehead atoms. The normalized spacial score (nSPS) is 10.7. The van der Waals surface area contributed by atoms with Gasteiger partial charge in [-0.15, -0.1) is 11.3 Å². The lowest BCUT2D eigenvalue weighted by molar-refractivity contribution is 0.187. The Labute approximate surface area is 83.9 Å². The molecule has 0 aliphatic rings. The van der Waals surface area contributed by atoms with Gasteiger partial charge >= 0.3 is 0 Å². The van der Waals surface area contributed by atoms with Gasteiger partial charge in [-0.1, -0.05) is 6.92 Å². The molecule has 0 saturated heterocycles. The molecule has 74 valence electrons. The third kappa shape index (κ3) is 2.79. The summed E-state index contributed by atoms with van der Waals surface area (Å²) >= 11 is 1.79. The van der Waals surface area contributed by atoms with Crippen molar-refractivity contribution in [3.8, 4) is 0 Å². The molecular formula is C10H17NOS. The van der Waals surface area contributed by atoms with Gasteiger partial charge in [0.1, 0.15) is 0 Å². The molecule has 0 spiro atoms. The average molecular weight is 199 g/mol. The maximum absolute atomic E-state index is 5.12. The SMILES string of the molecule is CCNCc1csc(COC)c1C. The molecule has 0 saturated carbocycles. The fourth-order valence-electron chi connectivity index (χ4n) is 1.21. The minimum absolute atomic E-state index is 0.739. The van der Waals surface area contributed by atoms with Gasteiger partial charge in [-0.3, -0.25) is 0 Å². The number of rotatable bonds is 5. The van der Waals surface area contributed by atoms with Crippen molar-refractivity contribution in [2.45, 2.75) is 27.0 Å². The number of hydrogen-bond donors (Lipinski definition) is 1. The monoisotopic (exact) mass is 199 g/mol. The first-order chi connectivity index (χ1) is 6.29. The van der Waals surface area contributed by atoms with Crippen molar-refractivity contribution in [3.05, 3.63) is 21.4 Å². The van der Waals surface area contributed by atoms with Gasteiger partial charge in [0.15, 0.2) is 0 Å². The van der Waals surface area contributed by atoms with Gasteiger partial charge in [0.2, 0.25) is 0 Å². The Morgan fingerprint density at radius 3 is 2.92 bits per heavy atom. The van der Waals surface area contributed by atoms with E-state index in [0.717, 1.165) is 19.7 Å². The van der Waals surface area contributed by atoms with Crippen LogP contribution in [0.2, 0.25) is 0 Å². The lowest BCUT2D eigenvalue weighted by Gasteiger charge is -2.02. The molecule has 0 aliphatic heterocycles. The molecule has 1 aromatic heterocycles. The Morgan fingerprint density at radius 1 is 1.54 bits per heavy atom. The summed E-state index contributed by atoms with van der Waals surface area (Å²) in [6.07, 6.45) is 0. The second-order valence-corrected chi connectivity index (χ2v) is 3.99. The van der Waals surface area contributed by atoms with Crippen molar-refractivity contribution in [2.24, 2.45) is 0 Å². The second kappa shape index (κ2) is 5.37.